The third-order valence-corrected chi connectivity index (χ3v) is 0.676. The van der Waals surface area contributed by atoms with Gasteiger partial charge in [0.25, 0.3) is 0 Å². The zero-order valence-corrected chi connectivity index (χ0v) is 8.17. The Morgan fingerprint density at radius 1 is 1.88 bits per heavy atom. The van der Waals surface area contributed by atoms with Gasteiger partial charge in [0.1, 0.15) is 0 Å². The van der Waals surface area contributed by atoms with Crippen LogP contribution < -0.4 is 56.5 Å². The summed E-state index contributed by atoms with van der Waals surface area (Å²) in [5.41, 5.74) is 0. The molecule has 1 N–H and O–H groups in total. The average molecular weight is 142 g/mol. The molecule has 42 valence electrons. The molecule has 3 nitrogen and oxygen atoms in total. The Hall–Kier alpha value is 1.07. The van der Waals surface area contributed by atoms with E-state index in [0.29, 0.717) is 0 Å². The van der Waals surface area contributed by atoms with E-state index < -0.39 is 11.9 Å². The molecule has 0 aliphatic carbocycles. The van der Waals surface area contributed by atoms with Gasteiger partial charge in [-0.15, -0.1) is 0 Å². The summed E-state index contributed by atoms with van der Waals surface area (Å²) >= 11 is 0. The number of carboxylic acids is 1. The summed E-state index contributed by atoms with van der Waals surface area (Å²) in [5, 5.41) is 17.7. The fraction of sp³-hybridized carbons (Fsp3) is 0.750. The molecule has 0 aromatic heterocycles. The first-order chi connectivity index (χ1) is 3.18. The molecule has 0 saturated carbocycles. The molecule has 0 radical (unpaired) electrons. The molecule has 0 heterocycles. The van der Waals surface area contributed by atoms with Crippen LogP contribution in [-0.2, 0) is 4.79 Å². The maximum atomic E-state index is 9.66. The molecular weight excluding hydrogens is 135 g/mol. The summed E-state index contributed by atoms with van der Waals surface area (Å²) < 4.78 is 0. The van der Waals surface area contributed by atoms with E-state index in [2.05, 4.69) is 0 Å². The van der Waals surface area contributed by atoms with Gasteiger partial charge in [0, 0.05) is 11.9 Å². The molecule has 8 heavy (non-hydrogen) atoms. The number of hydrogen-bond donors (Lipinski definition) is 1. The Kier molecular flexibility index (Phi) is 9.14. The Balaban J connectivity index is 0. The van der Waals surface area contributed by atoms with Gasteiger partial charge >= 0.3 is 51.4 Å². The van der Waals surface area contributed by atoms with Crippen LogP contribution in [0.5, 0.6) is 0 Å². The van der Waals surface area contributed by atoms with Crippen molar-refractivity contribution < 1.29 is 66.4 Å². The topological polar surface area (TPSA) is 60.4 Å². The normalized spacial score (nSPS) is 11.8. The molecule has 0 aromatic carbocycles. The number of aliphatic carboxylic acids is 1. The number of carboxylic acid groups (broad SMARTS) is 1. The third-order valence-electron chi connectivity index (χ3n) is 0.676. The number of carbonyl (C=O) groups excluding carboxylic acids is 1. The van der Waals surface area contributed by atoms with Crippen molar-refractivity contribution in [2.24, 2.45) is 5.92 Å². The van der Waals surface area contributed by atoms with Crippen LogP contribution in [0.4, 0.5) is 0 Å². The summed E-state index contributed by atoms with van der Waals surface area (Å²) in [4.78, 5) is 9.66. The minimum atomic E-state index is -1.21. The van der Waals surface area contributed by atoms with Gasteiger partial charge in [-0.25, -0.2) is 0 Å². The van der Waals surface area contributed by atoms with Crippen LogP contribution in [0.3, 0.4) is 0 Å². The van der Waals surface area contributed by atoms with Crippen molar-refractivity contribution in [3.05, 3.63) is 0 Å². The maximum Gasteiger partial charge on any atom is 1.00 e. The molecule has 0 aromatic rings. The van der Waals surface area contributed by atoms with Gasteiger partial charge in [0.15, 0.2) is 0 Å². The number of rotatable bonds is 2. The first kappa shape index (κ1) is 11.8. The summed E-state index contributed by atoms with van der Waals surface area (Å²) in [5.74, 6) is -1.94. The van der Waals surface area contributed by atoms with Gasteiger partial charge in [-0.1, -0.05) is 6.92 Å². The summed E-state index contributed by atoms with van der Waals surface area (Å²) in [6.45, 7) is 1.04. The van der Waals surface area contributed by atoms with Crippen molar-refractivity contribution in [2.45, 2.75) is 6.92 Å². The van der Waals surface area contributed by atoms with E-state index in [9.17, 15) is 9.90 Å². The van der Waals surface area contributed by atoms with E-state index in [4.69, 9.17) is 5.11 Å². The first-order valence-corrected chi connectivity index (χ1v) is 2.00. The number of aliphatic hydroxyl groups is 1. The summed E-state index contributed by atoms with van der Waals surface area (Å²) in [6, 6.07) is 0. The second-order valence-electron chi connectivity index (χ2n) is 1.40. The van der Waals surface area contributed by atoms with Gasteiger partial charge in [0.2, 0.25) is 0 Å². The van der Waals surface area contributed by atoms with E-state index in [0.717, 1.165) is 0 Å². The van der Waals surface area contributed by atoms with Crippen LogP contribution in [0.25, 0.3) is 0 Å². The Morgan fingerprint density at radius 3 is 2.25 bits per heavy atom. The predicted molar refractivity (Wildman–Crippen MR) is 21.3 cm³/mol. The molecule has 4 heteroatoms. The second kappa shape index (κ2) is 6.19. The van der Waals surface area contributed by atoms with Gasteiger partial charge in [-0.2, -0.15) is 0 Å². The van der Waals surface area contributed by atoms with Crippen LogP contribution in [0.2, 0.25) is 0 Å². The minimum absolute atomic E-state index is 0. The van der Waals surface area contributed by atoms with Crippen LogP contribution >= 0.6 is 0 Å². The van der Waals surface area contributed by atoms with Gasteiger partial charge in [-0.3, -0.25) is 0 Å². The Bertz CT molecular complexity index is 73.7. The molecule has 0 bridgehead atoms. The molecule has 0 aliphatic heterocycles. The number of carbonyl (C=O) groups is 1. The van der Waals surface area contributed by atoms with E-state index >= 15 is 0 Å². The third kappa shape index (κ3) is 5.21. The van der Waals surface area contributed by atoms with Crippen molar-refractivity contribution in [1.29, 1.82) is 0 Å². The van der Waals surface area contributed by atoms with Crippen molar-refractivity contribution in [1.82, 2.24) is 0 Å². The molecule has 0 aliphatic rings. The first-order valence-electron chi connectivity index (χ1n) is 2.00. The predicted octanol–water partition coefficient (Wildman–Crippen LogP) is -4.63. The SMILES string of the molecule is CC(CO)C(=O)[O-].[K+]. The van der Waals surface area contributed by atoms with Crippen molar-refractivity contribution in [3.8, 4) is 0 Å². The summed E-state index contributed by atoms with van der Waals surface area (Å²) in [7, 11) is 0. The average Bonchev–Trinajstić information content (AvgIpc) is 1.65. The van der Waals surface area contributed by atoms with Crippen LogP contribution in [-0.4, -0.2) is 17.7 Å². The van der Waals surface area contributed by atoms with Gasteiger partial charge in [0.05, 0.1) is 6.61 Å². The van der Waals surface area contributed by atoms with Crippen LogP contribution in [0.15, 0.2) is 0 Å². The standard InChI is InChI=1S/C4H8O3.K/c1-3(2-5)4(6)7;/h3,5H,2H2,1H3,(H,6,7);/q;+1/p-1. The largest absolute Gasteiger partial charge is 1.00 e. The van der Waals surface area contributed by atoms with Crippen LogP contribution in [0, 0.1) is 5.92 Å². The number of aliphatic hydroxyl groups excluding tert-OH is 1. The zero-order chi connectivity index (χ0) is 5.86. The maximum absolute atomic E-state index is 9.66. The molecule has 0 amide bonds. The monoisotopic (exact) mass is 142 g/mol. The number of hydrogen-bond acceptors (Lipinski definition) is 3. The van der Waals surface area contributed by atoms with Crippen molar-refractivity contribution in [2.75, 3.05) is 6.61 Å². The van der Waals surface area contributed by atoms with Gasteiger partial charge < -0.3 is 15.0 Å². The molecule has 1 atom stereocenters. The molecule has 0 spiro atoms. The Labute approximate surface area is 90.5 Å². The van der Waals surface area contributed by atoms with Crippen molar-refractivity contribution >= 4 is 5.97 Å². The molecule has 0 saturated heterocycles. The summed E-state index contributed by atoms with van der Waals surface area (Å²) in [6.07, 6.45) is 0. The second-order valence-corrected chi connectivity index (χ2v) is 1.40. The van der Waals surface area contributed by atoms with E-state index in [1.807, 2.05) is 0 Å². The van der Waals surface area contributed by atoms with E-state index in [-0.39, 0.29) is 58.0 Å². The van der Waals surface area contributed by atoms with E-state index in [1.54, 1.807) is 0 Å². The fourth-order valence-corrected chi connectivity index (χ4v) is 0.0745. The fourth-order valence-electron chi connectivity index (χ4n) is 0.0745. The smallest absolute Gasteiger partial charge is 0.550 e. The van der Waals surface area contributed by atoms with Gasteiger partial charge in [-0.05, 0) is 0 Å². The molecule has 0 fully saturated rings. The Morgan fingerprint density at radius 2 is 2.25 bits per heavy atom. The quantitative estimate of drug-likeness (QED) is 0.394. The molecular formula is C4H7KO3. The van der Waals surface area contributed by atoms with Crippen LogP contribution in [0.1, 0.15) is 6.92 Å². The minimum Gasteiger partial charge on any atom is -0.550 e. The molecule has 0 rings (SSSR count). The van der Waals surface area contributed by atoms with E-state index in [1.165, 1.54) is 6.92 Å². The molecule has 1 unspecified atom stereocenters. The van der Waals surface area contributed by atoms with Crippen molar-refractivity contribution in [3.63, 3.8) is 0 Å². The zero-order valence-electron chi connectivity index (χ0n) is 5.05.